The molecule has 0 bridgehead atoms. The summed E-state index contributed by atoms with van der Waals surface area (Å²) in [5.41, 5.74) is 0. The summed E-state index contributed by atoms with van der Waals surface area (Å²) in [5, 5.41) is 3.29. The van der Waals surface area contributed by atoms with Gasteiger partial charge in [0.15, 0.2) is 0 Å². The van der Waals surface area contributed by atoms with E-state index in [0.29, 0.717) is 0 Å². The Bertz CT molecular complexity index is 128. The highest BCUT2D eigenvalue weighted by molar-refractivity contribution is 4.83. The molecule has 0 spiro atoms. The fraction of sp³-hybridized carbons (Fsp3) is 1.00. The Hall–Kier alpha value is -0.110. The molecule has 0 aromatic rings. The first-order chi connectivity index (χ1) is 6.29. The molecule has 13 heavy (non-hydrogen) atoms. The van der Waals surface area contributed by atoms with Crippen molar-refractivity contribution in [3.05, 3.63) is 0 Å². The number of hydrogen-bond acceptors (Lipinski definition) is 1. The van der Waals surface area contributed by atoms with Crippen LogP contribution in [-0.2, 0) is 0 Å². The van der Waals surface area contributed by atoms with Gasteiger partial charge in [-0.15, -0.1) is 0 Å². The zero-order chi connectivity index (χ0) is 9.68. The van der Waals surface area contributed by atoms with E-state index in [0.717, 1.165) is 25.8 Å². The zero-order valence-corrected chi connectivity index (χ0v) is 8.85. The molecule has 1 fully saturated rings. The number of hydrogen-bond donors (Lipinski definition) is 1. The Balaban J connectivity index is 2.38. The van der Waals surface area contributed by atoms with Crippen LogP contribution in [0.25, 0.3) is 0 Å². The quantitative estimate of drug-likeness (QED) is 0.713. The van der Waals surface area contributed by atoms with E-state index in [9.17, 15) is 4.39 Å². The van der Waals surface area contributed by atoms with Crippen molar-refractivity contribution in [3.8, 4) is 0 Å². The molecule has 0 aromatic carbocycles. The largest absolute Gasteiger partial charge is 0.311 e. The summed E-state index contributed by atoms with van der Waals surface area (Å²) in [5.74, 6) is 0.260. The highest BCUT2D eigenvalue weighted by Gasteiger charge is 2.27. The number of rotatable bonds is 4. The number of nitrogens with one attached hydrogen (secondary N) is 1. The molecular weight excluding hydrogens is 165 g/mol. The van der Waals surface area contributed by atoms with Crippen LogP contribution in [0.4, 0.5) is 4.39 Å². The second kappa shape index (κ2) is 5.58. The molecule has 0 aliphatic carbocycles. The topological polar surface area (TPSA) is 12.0 Å². The number of halogens is 1. The van der Waals surface area contributed by atoms with Crippen LogP contribution >= 0.6 is 0 Å². The molecule has 2 unspecified atom stereocenters. The molecule has 2 atom stereocenters. The van der Waals surface area contributed by atoms with Crippen molar-refractivity contribution in [2.75, 3.05) is 6.54 Å². The molecule has 1 N–H and O–H groups in total. The van der Waals surface area contributed by atoms with Crippen LogP contribution in [0.5, 0.6) is 0 Å². The van der Waals surface area contributed by atoms with Crippen molar-refractivity contribution >= 4 is 0 Å². The molecule has 0 radical (unpaired) electrons. The molecule has 1 heterocycles. The van der Waals surface area contributed by atoms with Gasteiger partial charge in [-0.3, -0.25) is 0 Å². The maximum atomic E-state index is 13.9. The lowest BCUT2D eigenvalue weighted by Crippen LogP contribution is -2.44. The standard InChI is InChI=1S/C11H22FN/c1-3-9(4-2)11(12)10-7-5-6-8-13-10/h9-11,13H,3-8H2,1-2H3. The van der Waals surface area contributed by atoms with Crippen LogP contribution in [-0.4, -0.2) is 18.8 Å². The maximum Gasteiger partial charge on any atom is 0.118 e. The van der Waals surface area contributed by atoms with Gasteiger partial charge >= 0.3 is 0 Å². The van der Waals surface area contributed by atoms with Crippen molar-refractivity contribution in [2.45, 2.75) is 58.2 Å². The summed E-state index contributed by atoms with van der Waals surface area (Å²) >= 11 is 0. The van der Waals surface area contributed by atoms with Crippen molar-refractivity contribution in [1.29, 1.82) is 0 Å². The molecular formula is C11H22FN. The average Bonchev–Trinajstić information content (AvgIpc) is 2.21. The summed E-state index contributed by atoms with van der Waals surface area (Å²) in [7, 11) is 0. The van der Waals surface area contributed by atoms with Crippen molar-refractivity contribution in [3.63, 3.8) is 0 Å². The Morgan fingerprint density at radius 3 is 2.46 bits per heavy atom. The summed E-state index contributed by atoms with van der Waals surface area (Å²) in [6, 6.07) is 0.138. The molecule has 1 saturated heterocycles. The first kappa shape index (κ1) is 11.0. The first-order valence-corrected chi connectivity index (χ1v) is 5.67. The molecule has 0 amide bonds. The molecule has 1 rings (SSSR count). The normalized spacial score (nSPS) is 26.3. The monoisotopic (exact) mass is 187 g/mol. The lowest BCUT2D eigenvalue weighted by molar-refractivity contribution is 0.143. The van der Waals surface area contributed by atoms with Crippen molar-refractivity contribution in [1.82, 2.24) is 5.32 Å². The fourth-order valence-electron chi connectivity index (χ4n) is 2.22. The Labute approximate surface area is 81.1 Å². The molecule has 0 saturated carbocycles. The van der Waals surface area contributed by atoms with Gasteiger partial charge in [0.05, 0.1) is 0 Å². The van der Waals surface area contributed by atoms with Crippen molar-refractivity contribution < 1.29 is 4.39 Å². The minimum Gasteiger partial charge on any atom is -0.311 e. The van der Waals surface area contributed by atoms with Crippen LogP contribution < -0.4 is 5.32 Å². The van der Waals surface area contributed by atoms with Gasteiger partial charge in [-0.1, -0.05) is 33.1 Å². The first-order valence-electron chi connectivity index (χ1n) is 5.67. The van der Waals surface area contributed by atoms with Gasteiger partial charge in [-0.2, -0.15) is 0 Å². The third-order valence-corrected chi connectivity index (χ3v) is 3.23. The summed E-state index contributed by atoms with van der Waals surface area (Å²) in [6.07, 6.45) is 4.74. The fourth-order valence-corrected chi connectivity index (χ4v) is 2.22. The van der Waals surface area contributed by atoms with E-state index < -0.39 is 6.17 Å². The second-order valence-electron chi connectivity index (χ2n) is 4.08. The number of alkyl halides is 1. The van der Waals surface area contributed by atoms with E-state index in [1.54, 1.807) is 0 Å². The van der Waals surface area contributed by atoms with E-state index >= 15 is 0 Å². The van der Waals surface area contributed by atoms with Crippen LogP contribution in [0.3, 0.4) is 0 Å². The predicted octanol–water partition coefficient (Wildman–Crippen LogP) is 2.90. The summed E-state index contributed by atoms with van der Waals surface area (Å²) in [4.78, 5) is 0. The van der Waals surface area contributed by atoms with Gasteiger partial charge in [-0.25, -0.2) is 4.39 Å². The van der Waals surface area contributed by atoms with Crippen LogP contribution in [0.15, 0.2) is 0 Å². The molecule has 1 nitrogen and oxygen atoms in total. The van der Waals surface area contributed by atoms with E-state index in [4.69, 9.17) is 0 Å². The van der Waals surface area contributed by atoms with Crippen LogP contribution in [0.1, 0.15) is 46.0 Å². The Morgan fingerprint density at radius 1 is 1.31 bits per heavy atom. The summed E-state index contributed by atoms with van der Waals surface area (Å²) < 4.78 is 13.9. The predicted molar refractivity (Wildman–Crippen MR) is 54.6 cm³/mol. The van der Waals surface area contributed by atoms with Crippen molar-refractivity contribution in [2.24, 2.45) is 5.92 Å². The minimum absolute atomic E-state index is 0.138. The zero-order valence-electron chi connectivity index (χ0n) is 8.85. The number of piperidine rings is 1. The average molecular weight is 187 g/mol. The van der Waals surface area contributed by atoms with E-state index in [1.807, 2.05) is 0 Å². The lowest BCUT2D eigenvalue weighted by atomic mass is 9.89. The SMILES string of the molecule is CCC(CC)C(F)C1CCCCN1. The molecule has 0 aromatic heterocycles. The minimum atomic E-state index is -0.629. The maximum absolute atomic E-state index is 13.9. The van der Waals surface area contributed by atoms with Crippen LogP contribution in [0.2, 0.25) is 0 Å². The van der Waals surface area contributed by atoms with Gasteiger partial charge in [0.1, 0.15) is 6.17 Å². The molecule has 1 aliphatic heterocycles. The van der Waals surface area contributed by atoms with Gasteiger partial charge in [0, 0.05) is 6.04 Å². The Morgan fingerprint density at radius 2 is 2.00 bits per heavy atom. The summed E-state index contributed by atoms with van der Waals surface area (Å²) in [6.45, 7) is 5.18. The molecule has 1 aliphatic rings. The van der Waals surface area contributed by atoms with E-state index in [1.165, 1.54) is 12.8 Å². The van der Waals surface area contributed by atoms with Crippen LogP contribution in [0, 0.1) is 5.92 Å². The Kier molecular flexibility index (Phi) is 4.71. The molecule has 78 valence electrons. The van der Waals surface area contributed by atoms with Gasteiger partial charge in [-0.05, 0) is 25.3 Å². The van der Waals surface area contributed by atoms with Gasteiger partial charge in [0.2, 0.25) is 0 Å². The smallest absolute Gasteiger partial charge is 0.118 e. The van der Waals surface area contributed by atoms with Gasteiger partial charge in [0.25, 0.3) is 0 Å². The molecule has 2 heteroatoms. The van der Waals surface area contributed by atoms with Gasteiger partial charge < -0.3 is 5.32 Å². The second-order valence-corrected chi connectivity index (χ2v) is 4.08. The third-order valence-electron chi connectivity index (χ3n) is 3.23. The third kappa shape index (κ3) is 2.94. The highest BCUT2D eigenvalue weighted by atomic mass is 19.1. The van der Waals surface area contributed by atoms with E-state index in [-0.39, 0.29) is 12.0 Å². The highest BCUT2D eigenvalue weighted by Crippen LogP contribution is 2.23. The lowest BCUT2D eigenvalue weighted by Gasteiger charge is -2.30. The van der Waals surface area contributed by atoms with E-state index in [2.05, 4.69) is 19.2 Å².